The van der Waals surface area contributed by atoms with E-state index in [1.807, 2.05) is 44.2 Å². The summed E-state index contributed by atoms with van der Waals surface area (Å²) in [4.78, 5) is 12.0. The fourth-order valence-electron chi connectivity index (χ4n) is 1.68. The zero-order chi connectivity index (χ0) is 14.5. The van der Waals surface area contributed by atoms with Crippen LogP contribution in [-0.2, 0) is 9.53 Å². The van der Waals surface area contributed by atoms with E-state index >= 15 is 0 Å². The van der Waals surface area contributed by atoms with Gasteiger partial charge in [0, 0.05) is 0 Å². The summed E-state index contributed by atoms with van der Waals surface area (Å²) in [6.45, 7) is 3.96. The normalized spacial score (nSPS) is 12.4. The lowest BCUT2D eigenvalue weighted by Gasteiger charge is -2.15. The molecule has 1 aromatic carbocycles. The van der Waals surface area contributed by atoms with Crippen LogP contribution in [0.2, 0.25) is 0 Å². The maximum atomic E-state index is 12.0. The average Bonchev–Trinajstić information content (AvgIpc) is 2.93. The van der Waals surface area contributed by atoms with Crippen molar-refractivity contribution in [3.8, 4) is 0 Å². The fraction of sp³-hybridized carbons (Fsp3) is 0.385. The predicted molar refractivity (Wildman–Crippen MR) is 75.3 cm³/mol. The molecule has 0 spiro atoms. The van der Waals surface area contributed by atoms with Crippen LogP contribution in [0.5, 0.6) is 0 Å². The molecule has 0 saturated heterocycles. The molecule has 6 nitrogen and oxygen atoms in total. The van der Waals surface area contributed by atoms with Crippen molar-refractivity contribution < 1.29 is 9.53 Å². The first kappa shape index (κ1) is 14.5. The molecule has 2 rings (SSSR count). The van der Waals surface area contributed by atoms with Gasteiger partial charge in [0.05, 0.1) is 13.2 Å². The predicted octanol–water partition coefficient (Wildman–Crippen LogP) is 2.26. The molecule has 2 aromatic rings. The number of nitrogens with zero attached hydrogens (tertiary/aromatic N) is 4. The average molecular weight is 292 g/mol. The summed E-state index contributed by atoms with van der Waals surface area (Å²) in [5.41, 5.74) is 0.864. The Labute approximate surface area is 121 Å². The van der Waals surface area contributed by atoms with Crippen LogP contribution in [0.3, 0.4) is 0 Å². The van der Waals surface area contributed by atoms with Crippen molar-refractivity contribution in [3.05, 3.63) is 35.9 Å². The van der Waals surface area contributed by atoms with Gasteiger partial charge >= 0.3 is 5.97 Å². The molecule has 0 bridgehead atoms. The summed E-state index contributed by atoms with van der Waals surface area (Å²) in [6, 6.07) is 9.58. The molecule has 1 heterocycles. The number of hydrogen-bond donors (Lipinski definition) is 0. The summed E-state index contributed by atoms with van der Waals surface area (Å²) in [5, 5.41) is 11.7. The maximum Gasteiger partial charge on any atom is 0.323 e. The van der Waals surface area contributed by atoms with Gasteiger partial charge in [-0.25, -0.2) is 4.68 Å². The van der Waals surface area contributed by atoms with Crippen molar-refractivity contribution in [2.24, 2.45) is 0 Å². The highest BCUT2D eigenvalue weighted by Gasteiger charge is 2.26. The van der Waals surface area contributed by atoms with E-state index in [1.54, 1.807) is 4.68 Å². The number of methoxy groups -OCH3 is 1. The molecule has 0 N–H and O–H groups in total. The van der Waals surface area contributed by atoms with Gasteiger partial charge in [-0.1, -0.05) is 42.1 Å². The van der Waals surface area contributed by atoms with E-state index in [-0.39, 0.29) is 12.0 Å². The molecule has 20 heavy (non-hydrogen) atoms. The molecule has 0 aliphatic heterocycles. The third kappa shape index (κ3) is 3.16. The third-order valence-corrected chi connectivity index (χ3v) is 3.87. The molecule has 0 amide bonds. The van der Waals surface area contributed by atoms with Gasteiger partial charge in [-0.2, -0.15) is 0 Å². The number of thioether (sulfide) groups is 1. The lowest BCUT2D eigenvalue weighted by molar-refractivity contribution is -0.140. The first-order chi connectivity index (χ1) is 9.63. The van der Waals surface area contributed by atoms with Gasteiger partial charge in [-0.3, -0.25) is 4.79 Å². The largest absolute Gasteiger partial charge is 0.468 e. The van der Waals surface area contributed by atoms with E-state index in [0.29, 0.717) is 5.16 Å². The number of aromatic nitrogens is 4. The summed E-state index contributed by atoms with van der Waals surface area (Å²) >= 11 is 1.29. The molecule has 1 aromatic heterocycles. The van der Waals surface area contributed by atoms with Gasteiger partial charge in [-0.15, -0.1) is 5.10 Å². The quantitative estimate of drug-likeness (QED) is 0.622. The number of hydrogen-bond acceptors (Lipinski definition) is 6. The van der Waals surface area contributed by atoms with E-state index < -0.39 is 5.25 Å². The Balaban J connectivity index is 2.29. The second-order valence-corrected chi connectivity index (χ2v) is 5.50. The highest BCUT2D eigenvalue weighted by atomic mass is 32.2. The monoisotopic (exact) mass is 292 g/mol. The van der Waals surface area contributed by atoms with Crippen molar-refractivity contribution >= 4 is 17.7 Å². The Bertz CT molecular complexity index is 571. The van der Waals surface area contributed by atoms with Gasteiger partial charge in [0.25, 0.3) is 0 Å². The molecule has 0 aliphatic carbocycles. The first-order valence-corrected chi connectivity index (χ1v) is 7.08. The third-order valence-electron chi connectivity index (χ3n) is 2.69. The van der Waals surface area contributed by atoms with Crippen LogP contribution in [-0.4, -0.2) is 33.3 Å². The van der Waals surface area contributed by atoms with E-state index in [9.17, 15) is 4.79 Å². The van der Waals surface area contributed by atoms with Crippen molar-refractivity contribution in [2.45, 2.75) is 30.3 Å². The molecule has 7 heteroatoms. The molecule has 106 valence electrons. The number of benzene rings is 1. The fourth-order valence-corrected chi connectivity index (χ4v) is 2.82. The van der Waals surface area contributed by atoms with Crippen LogP contribution in [0.4, 0.5) is 0 Å². The standard InChI is InChI=1S/C13H16N4O2S/c1-9(2)17-13(14-15-16-17)20-11(12(18)19-3)10-7-5-4-6-8-10/h4-9,11H,1-3H3. The smallest absolute Gasteiger partial charge is 0.323 e. The lowest BCUT2D eigenvalue weighted by Crippen LogP contribution is -2.13. The molecule has 1 unspecified atom stereocenters. The minimum atomic E-state index is -0.482. The van der Waals surface area contributed by atoms with Crippen LogP contribution in [0, 0.1) is 0 Å². The number of tetrazole rings is 1. The SMILES string of the molecule is COC(=O)C(Sc1nnnn1C(C)C)c1ccccc1. The number of ether oxygens (including phenoxy) is 1. The highest BCUT2D eigenvalue weighted by molar-refractivity contribution is 8.00. The molecular formula is C13H16N4O2S. The zero-order valence-corrected chi connectivity index (χ0v) is 12.4. The number of carbonyl (C=O) groups is 1. The first-order valence-electron chi connectivity index (χ1n) is 6.20. The van der Waals surface area contributed by atoms with E-state index in [2.05, 4.69) is 15.5 Å². The van der Waals surface area contributed by atoms with Crippen molar-refractivity contribution in [1.82, 2.24) is 20.2 Å². The van der Waals surface area contributed by atoms with Crippen LogP contribution >= 0.6 is 11.8 Å². The number of carbonyl (C=O) groups excluding carboxylic acids is 1. The minimum absolute atomic E-state index is 0.126. The Hall–Kier alpha value is -1.89. The summed E-state index contributed by atoms with van der Waals surface area (Å²) in [6.07, 6.45) is 0. The summed E-state index contributed by atoms with van der Waals surface area (Å²) in [7, 11) is 1.38. The molecular weight excluding hydrogens is 276 g/mol. The molecule has 0 aliphatic rings. The van der Waals surface area contributed by atoms with Gasteiger partial charge in [0.2, 0.25) is 5.16 Å². The molecule has 1 atom stereocenters. The number of rotatable bonds is 5. The van der Waals surface area contributed by atoms with Gasteiger partial charge in [0.1, 0.15) is 5.25 Å². The van der Waals surface area contributed by atoms with Crippen molar-refractivity contribution in [3.63, 3.8) is 0 Å². The van der Waals surface area contributed by atoms with Gasteiger partial charge in [0.15, 0.2) is 0 Å². The molecule has 0 fully saturated rings. The second kappa shape index (κ2) is 6.51. The number of esters is 1. The minimum Gasteiger partial charge on any atom is -0.468 e. The van der Waals surface area contributed by atoms with E-state index in [4.69, 9.17) is 4.74 Å². The molecule has 0 saturated carbocycles. The second-order valence-electron chi connectivity index (χ2n) is 4.43. The summed E-state index contributed by atoms with van der Waals surface area (Å²) in [5.74, 6) is -0.320. The van der Waals surface area contributed by atoms with Crippen LogP contribution in [0.1, 0.15) is 30.7 Å². The van der Waals surface area contributed by atoms with Crippen LogP contribution in [0.25, 0.3) is 0 Å². The van der Waals surface area contributed by atoms with E-state index in [1.165, 1.54) is 18.9 Å². The Morgan fingerprint density at radius 1 is 1.30 bits per heavy atom. The Morgan fingerprint density at radius 2 is 2.00 bits per heavy atom. The van der Waals surface area contributed by atoms with E-state index in [0.717, 1.165) is 5.56 Å². The highest BCUT2D eigenvalue weighted by Crippen LogP contribution is 2.35. The maximum absolute atomic E-state index is 12.0. The topological polar surface area (TPSA) is 69.9 Å². The summed E-state index contributed by atoms with van der Waals surface area (Å²) < 4.78 is 6.56. The Morgan fingerprint density at radius 3 is 2.60 bits per heavy atom. The van der Waals surface area contributed by atoms with Crippen LogP contribution in [0.15, 0.2) is 35.5 Å². The van der Waals surface area contributed by atoms with Crippen LogP contribution < -0.4 is 0 Å². The zero-order valence-electron chi connectivity index (χ0n) is 11.6. The Kier molecular flexibility index (Phi) is 4.73. The van der Waals surface area contributed by atoms with Crippen molar-refractivity contribution in [2.75, 3.05) is 7.11 Å². The van der Waals surface area contributed by atoms with Crippen molar-refractivity contribution in [1.29, 1.82) is 0 Å². The van der Waals surface area contributed by atoms with Gasteiger partial charge < -0.3 is 4.74 Å². The van der Waals surface area contributed by atoms with Gasteiger partial charge in [-0.05, 0) is 29.8 Å². The lowest BCUT2D eigenvalue weighted by atomic mass is 10.1. The molecule has 0 radical (unpaired) electrons.